The maximum atomic E-state index is 12.1. The Morgan fingerprint density at radius 2 is 1.83 bits per heavy atom. The van der Waals surface area contributed by atoms with Gasteiger partial charge in [-0.3, -0.25) is 9.59 Å². The van der Waals surface area contributed by atoms with Crippen LogP contribution in [0.5, 0.6) is 5.75 Å². The van der Waals surface area contributed by atoms with E-state index in [1.54, 1.807) is 42.5 Å². The second kappa shape index (κ2) is 6.25. The third-order valence-electron chi connectivity index (χ3n) is 3.49. The van der Waals surface area contributed by atoms with Crippen molar-refractivity contribution in [2.45, 2.75) is 6.92 Å². The molecule has 0 saturated carbocycles. The SMILES string of the molecule is CC(=O)c1ccc(N=Nc2c(O)c3cccc(Cl)c3[nH]c2=O)cc1. The van der Waals surface area contributed by atoms with Crippen molar-refractivity contribution < 1.29 is 9.90 Å². The molecule has 7 heteroatoms. The van der Waals surface area contributed by atoms with Crippen LogP contribution in [-0.4, -0.2) is 15.9 Å². The van der Waals surface area contributed by atoms with Gasteiger partial charge in [0.1, 0.15) is 0 Å². The number of H-pyrrole nitrogens is 1. The summed E-state index contributed by atoms with van der Waals surface area (Å²) in [7, 11) is 0. The summed E-state index contributed by atoms with van der Waals surface area (Å²) in [5, 5.41) is 18.7. The number of Topliss-reactive ketones (excluding diaryl/α,β-unsaturated/α-hetero) is 1. The van der Waals surface area contributed by atoms with E-state index in [1.165, 1.54) is 6.92 Å². The lowest BCUT2D eigenvalue weighted by Crippen LogP contribution is -2.05. The molecule has 0 aliphatic carbocycles. The fraction of sp³-hybridized carbons (Fsp3) is 0.0588. The van der Waals surface area contributed by atoms with Crippen molar-refractivity contribution in [3.8, 4) is 5.75 Å². The number of aromatic hydroxyl groups is 1. The number of carbonyl (C=O) groups excluding carboxylic acids is 1. The average molecular weight is 342 g/mol. The zero-order valence-electron chi connectivity index (χ0n) is 12.6. The first-order chi connectivity index (χ1) is 11.5. The molecule has 1 aromatic heterocycles. The van der Waals surface area contributed by atoms with E-state index in [1.807, 2.05) is 0 Å². The Bertz CT molecular complexity index is 1020. The number of aromatic nitrogens is 1. The van der Waals surface area contributed by atoms with Crippen molar-refractivity contribution in [2.75, 3.05) is 0 Å². The van der Waals surface area contributed by atoms with E-state index in [-0.39, 0.29) is 17.2 Å². The molecular formula is C17H12ClN3O3. The van der Waals surface area contributed by atoms with Crippen LogP contribution in [0.25, 0.3) is 10.9 Å². The minimum Gasteiger partial charge on any atom is -0.505 e. The van der Waals surface area contributed by atoms with Gasteiger partial charge in [0.15, 0.2) is 17.2 Å². The van der Waals surface area contributed by atoms with Crippen molar-refractivity contribution in [1.82, 2.24) is 4.98 Å². The van der Waals surface area contributed by atoms with E-state index < -0.39 is 5.56 Å². The molecule has 0 bridgehead atoms. The molecule has 2 N–H and O–H groups in total. The number of halogens is 1. The van der Waals surface area contributed by atoms with Gasteiger partial charge in [-0.2, -0.15) is 5.11 Å². The van der Waals surface area contributed by atoms with Gasteiger partial charge in [-0.05, 0) is 43.3 Å². The Kier molecular flexibility index (Phi) is 4.14. The van der Waals surface area contributed by atoms with E-state index in [0.29, 0.717) is 27.2 Å². The van der Waals surface area contributed by atoms with Crippen LogP contribution < -0.4 is 5.56 Å². The molecule has 0 spiro atoms. The third kappa shape index (κ3) is 2.91. The second-order valence-electron chi connectivity index (χ2n) is 5.12. The predicted molar refractivity (Wildman–Crippen MR) is 91.9 cm³/mol. The zero-order chi connectivity index (χ0) is 17.3. The Balaban J connectivity index is 2.03. The maximum absolute atomic E-state index is 12.1. The van der Waals surface area contributed by atoms with E-state index in [9.17, 15) is 14.7 Å². The minimum atomic E-state index is -0.600. The van der Waals surface area contributed by atoms with Crippen LogP contribution in [0.4, 0.5) is 11.4 Å². The van der Waals surface area contributed by atoms with Crippen LogP contribution in [0.3, 0.4) is 0 Å². The molecule has 1 heterocycles. The molecule has 0 amide bonds. The molecule has 0 radical (unpaired) electrons. The van der Waals surface area contributed by atoms with Crippen molar-refractivity contribution in [2.24, 2.45) is 10.2 Å². The number of fused-ring (bicyclic) bond motifs is 1. The fourth-order valence-electron chi connectivity index (χ4n) is 2.22. The number of benzene rings is 2. The highest BCUT2D eigenvalue weighted by atomic mass is 35.5. The van der Waals surface area contributed by atoms with Gasteiger partial charge < -0.3 is 10.1 Å². The van der Waals surface area contributed by atoms with Crippen LogP contribution in [0.15, 0.2) is 57.5 Å². The van der Waals surface area contributed by atoms with Gasteiger partial charge in [-0.15, -0.1) is 5.11 Å². The first kappa shape index (κ1) is 15.9. The first-order valence-corrected chi connectivity index (χ1v) is 7.41. The Morgan fingerprint density at radius 1 is 1.12 bits per heavy atom. The summed E-state index contributed by atoms with van der Waals surface area (Å²) in [6, 6.07) is 11.3. The number of para-hydroxylation sites is 1. The molecule has 0 saturated heterocycles. The van der Waals surface area contributed by atoms with E-state index in [2.05, 4.69) is 15.2 Å². The lowest BCUT2D eigenvalue weighted by molar-refractivity contribution is 0.101. The molecule has 3 aromatic rings. The number of nitrogens with zero attached hydrogens (tertiary/aromatic N) is 2. The van der Waals surface area contributed by atoms with Gasteiger partial charge >= 0.3 is 0 Å². The molecule has 6 nitrogen and oxygen atoms in total. The first-order valence-electron chi connectivity index (χ1n) is 7.03. The largest absolute Gasteiger partial charge is 0.505 e. The van der Waals surface area contributed by atoms with Crippen LogP contribution in [0.2, 0.25) is 5.02 Å². The summed E-state index contributed by atoms with van der Waals surface area (Å²) in [5.74, 6) is -0.348. The number of hydrogen-bond donors (Lipinski definition) is 2. The summed E-state index contributed by atoms with van der Waals surface area (Å²) in [5.41, 5.74) is 0.532. The lowest BCUT2D eigenvalue weighted by atomic mass is 10.1. The lowest BCUT2D eigenvalue weighted by Gasteiger charge is -2.04. The molecular weight excluding hydrogens is 330 g/mol. The van der Waals surface area contributed by atoms with Crippen molar-refractivity contribution in [1.29, 1.82) is 0 Å². The number of pyridine rings is 1. The highest BCUT2D eigenvalue weighted by Crippen LogP contribution is 2.33. The summed E-state index contributed by atoms with van der Waals surface area (Å²) >= 11 is 6.00. The number of rotatable bonds is 3. The monoisotopic (exact) mass is 341 g/mol. The second-order valence-corrected chi connectivity index (χ2v) is 5.52. The third-order valence-corrected chi connectivity index (χ3v) is 3.80. The number of azo groups is 1. The van der Waals surface area contributed by atoms with Gasteiger partial charge in [-0.1, -0.05) is 17.7 Å². The van der Waals surface area contributed by atoms with Gasteiger partial charge in [0.05, 0.1) is 16.2 Å². The highest BCUT2D eigenvalue weighted by molar-refractivity contribution is 6.35. The molecule has 0 aliphatic rings. The number of ketones is 1. The fourth-order valence-corrected chi connectivity index (χ4v) is 2.44. The highest BCUT2D eigenvalue weighted by Gasteiger charge is 2.13. The van der Waals surface area contributed by atoms with Gasteiger partial charge in [0.25, 0.3) is 5.56 Å². The topological polar surface area (TPSA) is 94.9 Å². The van der Waals surface area contributed by atoms with E-state index in [0.717, 1.165) is 0 Å². The molecule has 0 atom stereocenters. The maximum Gasteiger partial charge on any atom is 0.280 e. The van der Waals surface area contributed by atoms with Gasteiger partial charge in [0, 0.05) is 10.9 Å². The average Bonchev–Trinajstić information content (AvgIpc) is 2.56. The standard InChI is InChI=1S/C17H12ClN3O3/c1-9(22)10-5-7-11(8-6-10)20-21-15-16(23)12-3-2-4-13(18)14(12)19-17(15)24/h2-8H,1H3,(H2,19,23,24). The normalized spacial score (nSPS) is 11.2. The Morgan fingerprint density at radius 3 is 2.50 bits per heavy atom. The molecule has 3 rings (SSSR count). The molecule has 24 heavy (non-hydrogen) atoms. The van der Waals surface area contributed by atoms with Crippen LogP contribution in [0, 0.1) is 0 Å². The van der Waals surface area contributed by atoms with Crippen LogP contribution >= 0.6 is 11.6 Å². The van der Waals surface area contributed by atoms with Crippen LogP contribution in [-0.2, 0) is 0 Å². The van der Waals surface area contributed by atoms with Crippen molar-refractivity contribution in [3.63, 3.8) is 0 Å². The predicted octanol–water partition coefficient (Wildman–Crippen LogP) is 4.51. The van der Waals surface area contributed by atoms with E-state index in [4.69, 9.17) is 11.6 Å². The number of aromatic amines is 1. The molecule has 0 unspecified atom stereocenters. The van der Waals surface area contributed by atoms with Crippen LogP contribution in [0.1, 0.15) is 17.3 Å². The number of carbonyl (C=O) groups is 1. The Hall–Kier alpha value is -2.99. The zero-order valence-corrected chi connectivity index (χ0v) is 13.3. The number of nitrogens with one attached hydrogen (secondary N) is 1. The van der Waals surface area contributed by atoms with Crippen molar-refractivity contribution in [3.05, 3.63) is 63.4 Å². The molecule has 0 aliphatic heterocycles. The summed E-state index contributed by atoms with van der Waals surface area (Å²) in [6.07, 6.45) is 0. The van der Waals surface area contributed by atoms with E-state index >= 15 is 0 Å². The van der Waals surface area contributed by atoms with Gasteiger partial charge in [-0.25, -0.2) is 0 Å². The minimum absolute atomic E-state index is 0.0565. The van der Waals surface area contributed by atoms with Gasteiger partial charge in [0.2, 0.25) is 0 Å². The molecule has 2 aromatic carbocycles. The summed E-state index contributed by atoms with van der Waals surface area (Å²) in [6.45, 7) is 1.47. The quantitative estimate of drug-likeness (QED) is 0.542. The number of hydrogen-bond acceptors (Lipinski definition) is 5. The summed E-state index contributed by atoms with van der Waals surface area (Å²) in [4.78, 5) is 25.9. The summed E-state index contributed by atoms with van der Waals surface area (Å²) < 4.78 is 0. The smallest absolute Gasteiger partial charge is 0.280 e. The Labute approximate surface area is 141 Å². The molecule has 120 valence electrons. The molecule has 0 fully saturated rings. The van der Waals surface area contributed by atoms with Crippen molar-refractivity contribution >= 4 is 39.7 Å².